The van der Waals surface area contributed by atoms with E-state index in [9.17, 15) is 10.1 Å². The van der Waals surface area contributed by atoms with E-state index in [0.29, 0.717) is 5.82 Å². The molecule has 0 N–H and O–H groups in total. The van der Waals surface area contributed by atoms with Crippen LogP contribution in [0.5, 0.6) is 0 Å². The van der Waals surface area contributed by atoms with Crippen LogP contribution in [-0.2, 0) is 6.42 Å². The smallest absolute Gasteiger partial charge is 0.250 e. The number of aromatic nitrogens is 2. The summed E-state index contributed by atoms with van der Waals surface area (Å²) in [7, 11) is 0. The molecule has 1 atom stereocenters. The number of thioether (sulfide) groups is 1. The summed E-state index contributed by atoms with van der Waals surface area (Å²) in [6.45, 7) is 0. The normalized spacial score (nSPS) is 11.8. The number of hydrogen-bond donors (Lipinski definition) is 0. The van der Waals surface area contributed by atoms with Gasteiger partial charge in [0.15, 0.2) is 0 Å². The second-order valence-electron chi connectivity index (χ2n) is 6.25. The second-order valence-corrected chi connectivity index (χ2v) is 7.43. The molecule has 1 heterocycles. The molecule has 136 valence electrons. The molecular weight excluding hydrogens is 366 g/mol. The van der Waals surface area contributed by atoms with Crippen molar-refractivity contribution in [1.82, 2.24) is 9.55 Å². The molecular formula is C23H17N3OS. The summed E-state index contributed by atoms with van der Waals surface area (Å²) in [5.41, 5.74) is 2.37. The SMILES string of the molecule is N#CCc1nc2ccccc2n1C(=O)C(Sc1ccccc1)c1ccccc1. The molecule has 4 nitrogen and oxygen atoms in total. The van der Waals surface area contributed by atoms with Crippen molar-refractivity contribution in [1.29, 1.82) is 5.26 Å². The van der Waals surface area contributed by atoms with E-state index in [0.717, 1.165) is 21.5 Å². The zero-order chi connectivity index (χ0) is 19.3. The fourth-order valence-electron chi connectivity index (χ4n) is 3.15. The number of para-hydroxylation sites is 2. The van der Waals surface area contributed by atoms with Crippen LogP contribution in [0.1, 0.15) is 21.4 Å². The monoisotopic (exact) mass is 383 g/mol. The quantitative estimate of drug-likeness (QED) is 0.440. The number of nitriles is 1. The summed E-state index contributed by atoms with van der Waals surface area (Å²) < 4.78 is 1.60. The summed E-state index contributed by atoms with van der Waals surface area (Å²) in [5, 5.41) is 8.78. The topological polar surface area (TPSA) is 58.7 Å². The summed E-state index contributed by atoms with van der Waals surface area (Å²) in [4.78, 5) is 19.2. The standard InChI is InChI=1S/C23H17N3OS/c24-16-15-21-25-19-13-7-8-14-20(19)26(21)23(27)22(17-9-3-1-4-10-17)28-18-11-5-2-6-12-18/h1-14,22H,15H2. The molecule has 5 heteroatoms. The fourth-order valence-corrected chi connectivity index (χ4v) is 4.24. The highest BCUT2D eigenvalue weighted by Crippen LogP contribution is 2.37. The predicted molar refractivity (Wildman–Crippen MR) is 111 cm³/mol. The molecule has 0 aliphatic rings. The third-order valence-corrected chi connectivity index (χ3v) is 5.67. The predicted octanol–water partition coefficient (Wildman–Crippen LogP) is 5.28. The average Bonchev–Trinajstić information content (AvgIpc) is 3.11. The van der Waals surface area contributed by atoms with Crippen LogP contribution in [0, 0.1) is 11.3 Å². The first-order valence-corrected chi connectivity index (χ1v) is 9.80. The molecule has 3 aromatic carbocycles. The van der Waals surface area contributed by atoms with Crippen LogP contribution in [0.25, 0.3) is 11.0 Å². The van der Waals surface area contributed by atoms with Gasteiger partial charge in [-0.15, -0.1) is 11.8 Å². The highest BCUT2D eigenvalue weighted by Gasteiger charge is 2.27. The molecule has 0 amide bonds. The van der Waals surface area contributed by atoms with Crippen LogP contribution in [-0.4, -0.2) is 15.5 Å². The molecule has 1 aromatic heterocycles. The van der Waals surface area contributed by atoms with Gasteiger partial charge >= 0.3 is 0 Å². The average molecular weight is 383 g/mol. The number of hydrogen-bond acceptors (Lipinski definition) is 4. The molecule has 0 saturated heterocycles. The van der Waals surface area contributed by atoms with Crippen molar-refractivity contribution in [2.24, 2.45) is 0 Å². The van der Waals surface area contributed by atoms with Crippen molar-refractivity contribution in [2.75, 3.05) is 0 Å². The lowest BCUT2D eigenvalue weighted by Crippen LogP contribution is -2.20. The van der Waals surface area contributed by atoms with Gasteiger partial charge in [-0.05, 0) is 29.8 Å². The van der Waals surface area contributed by atoms with Gasteiger partial charge in [-0.2, -0.15) is 5.26 Å². The maximum absolute atomic E-state index is 13.7. The third kappa shape index (κ3) is 3.55. The Morgan fingerprint density at radius 1 is 0.964 bits per heavy atom. The van der Waals surface area contributed by atoms with Crippen LogP contribution in [0.15, 0.2) is 89.8 Å². The van der Waals surface area contributed by atoms with Gasteiger partial charge in [0, 0.05) is 4.90 Å². The van der Waals surface area contributed by atoms with Crippen LogP contribution in [0.3, 0.4) is 0 Å². The zero-order valence-corrected chi connectivity index (χ0v) is 15.8. The number of imidazole rings is 1. The van der Waals surface area contributed by atoms with E-state index in [1.807, 2.05) is 84.9 Å². The Morgan fingerprint density at radius 3 is 2.32 bits per heavy atom. The third-order valence-electron chi connectivity index (χ3n) is 4.41. The van der Waals surface area contributed by atoms with Gasteiger partial charge in [0.2, 0.25) is 0 Å². The van der Waals surface area contributed by atoms with E-state index < -0.39 is 5.25 Å². The van der Waals surface area contributed by atoms with Crippen molar-refractivity contribution in [3.05, 3.63) is 96.3 Å². The Kier molecular flexibility index (Phi) is 5.22. The molecule has 0 saturated carbocycles. The first-order valence-electron chi connectivity index (χ1n) is 8.92. The van der Waals surface area contributed by atoms with E-state index in [1.54, 1.807) is 4.57 Å². The Bertz CT molecular complexity index is 1150. The van der Waals surface area contributed by atoms with Crippen molar-refractivity contribution >= 4 is 28.7 Å². The van der Waals surface area contributed by atoms with Gasteiger partial charge in [0.1, 0.15) is 11.1 Å². The molecule has 0 aliphatic carbocycles. The van der Waals surface area contributed by atoms with Gasteiger partial charge in [-0.1, -0.05) is 60.7 Å². The van der Waals surface area contributed by atoms with Gasteiger partial charge < -0.3 is 0 Å². The zero-order valence-electron chi connectivity index (χ0n) is 15.0. The van der Waals surface area contributed by atoms with Gasteiger partial charge in [-0.25, -0.2) is 4.98 Å². The minimum absolute atomic E-state index is 0.0813. The first kappa shape index (κ1) is 18.0. The summed E-state index contributed by atoms with van der Waals surface area (Å²) in [6, 6.07) is 29.2. The molecule has 4 aromatic rings. The molecule has 0 aliphatic heterocycles. The van der Waals surface area contributed by atoms with E-state index in [2.05, 4.69) is 11.1 Å². The highest BCUT2D eigenvalue weighted by molar-refractivity contribution is 8.00. The van der Waals surface area contributed by atoms with Crippen LogP contribution in [0.2, 0.25) is 0 Å². The van der Waals surface area contributed by atoms with E-state index in [4.69, 9.17) is 0 Å². The van der Waals surface area contributed by atoms with E-state index >= 15 is 0 Å². The largest absolute Gasteiger partial charge is 0.272 e. The maximum atomic E-state index is 13.7. The number of carbonyl (C=O) groups excluding carboxylic acids is 1. The summed E-state index contributed by atoms with van der Waals surface area (Å²) >= 11 is 1.50. The maximum Gasteiger partial charge on any atom is 0.250 e. The number of fused-ring (bicyclic) bond motifs is 1. The van der Waals surface area contributed by atoms with E-state index in [-0.39, 0.29) is 12.3 Å². The molecule has 1 unspecified atom stereocenters. The van der Waals surface area contributed by atoms with Crippen LogP contribution >= 0.6 is 11.8 Å². The minimum Gasteiger partial charge on any atom is -0.272 e. The lowest BCUT2D eigenvalue weighted by molar-refractivity contribution is 0.0912. The molecule has 0 spiro atoms. The second kappa shape index (κ2) is 8.12. The Labute approximate surface area is 167 Å². The fraction of sp³-hybridized carbons (Fsp3) is 0.0870. The molecule has 28 heavy (non-hydrogen) atoms. The molecule has 4 rings (SSSR count). The highest BCUT2D eigenvalue weighted by atomic mass is 32.2. The number of benzene rings is 3. The van der Waals surface area contributed by atoms with Crippen molar-refractivity contribution in [3.8, 4) is 6.07 Å². The molecule has 0 radical (unpaired) electrons. The Morgan fingerprint density at radius 2 is 1.61 bits per heavy atom. The van der Waals surface area contributed by atoms with E-state index in [1.165, 1.54) is 11.8 Å². The van der Waals surface area contributed by atoms with Gasteiger partial charge in [-0.3, -0.25) is 9.36 Å². The summed E-state index contributed by atoms with van der Waals surface area (Å²) in [6.07, 6.45) is 0.0813. The minimum atomic E-state index is -0.446. The molecule has 0 bridgehead atoms. The number of nitrogens with zero attached hydrogens (tertiary/aromatic N) is 3. The Hall–Kier alpha value is -3.36. The van der Waals surface area contributed by atoms with Gasteiger partial charge in [0.25, 0.3) is 5.91 Å². The van der Waals surface area contributed by atoms with Crippen LogP contribution < -0.4 is 0 Å². The first-order chi connectivity index (χ1) is 13.8. The molecule has 0 fully saturated rings. The van der Waals surface area contributed by atoms with Crippen molar-refractivity contribution < 1.29 is 4.79 Å². The number of rotatable bonds is 5. The Balaban J connectivity index is 1.83. The van der Waals surface area contributed by atoms with Crippen LogP contribution in [0.4, 0.5) is 0 Å². The lowest BCUT2D eigenvalue weighted by atomic mass is 10.1. The summed E-state index contributed by atoms with van der Waals surface area (Å²) in [5.74, 6) is 0.377. The van der Waals surface area contributed by atoms with Crippen molar-refractivity contribution in [2.45, 2.75) is 16.6 Å². The number of carbonyl (C=O) groups is 1. The van der Waals surface area contributed by atoms with Crippen molar-refractivity contribution in [3.63, 3.8) is 0 Å². The van der Waals surface area contributed by atoms with Gasteiger partial charge in [0.05, 0.1) is 23.5 Å². The lowest BCUT2D eigenvalue weighted by Gasteiger charge is -2.18.